The number of hydrogen-bond donors (Lipinski definition) is 3. The zero-order chi connectivity index (χ0) is 29.4. The molecule has 0 radical (unpaired) electrons. The molecule has 1 amide bonds. The zero-order valence-corrected chi connectivity index (χ0v) is 24.6. The Bertz CT molecular complexity index is 1600. The number of fused-ring (bicyclic) bond motifs is 4. The first kappa shape index (κ1) is 27.9. The lowest BCUT2D eigenvalue weighted by molar-refractivity contribution is -0.148. The van der Waals surface area contributed by atoms with Crippen molar-refractivity contribution < 1.29 is 14.3 Å². The van der Waals surface area contributed by atoms with Crippen LogP contribution in [0.2, 0.25) is 0 Å². The second-order valence-electron chi connectivity index (χ2n) is 12.7. The summed E-state index contributed by atoms with van der Waals surface area (Å²) in [4.78, 5) is 35.2. The molecule has 2 aromatic carbocycles. The second-order valence-corrected chi connectivity index (χ2v) is 12.7. The van der Waals surface area contributed by atoms with Crippen LogP contribution in [0.5, 0.6) is 0 Å². The number of rotatable bonds is 9. The number of aliphatic imine (C=N–C) groups is 1. The fraction of sp³-hybridized carbons (Fsp3) is 0.429. The number of dihydropyridines is 1. The number of carbonyl (C=O) groups excluding carboxylic acids is 2. The van der Waals surface area contributed by atoms with Gasteiger partial charge in [-0.25, -0.2) is 0 Å². The van der Waals surface area contributed by atoms with Crippen molar-refractivity contribution in [3.63, 3.8) is 0 Å². The van der Waals surface area contributed by atoms with E-state index in [1.165, 1.54) is 23.8 Å². The molecule has 1 aromatic heterocycles. The molecular formula is C35H39N5O3. The number of hydrogen-bond acceptors (Lipinski definition) is 7. The fourth-order valence-electron chi connectivity index (χ4n) is 7.80. The highest BCUT2D eigenvalue weighted by atomic mass is 16.5. The number of allylic oxidation sites excluding steroid dienone is 1. The Kier molecular flexibility index (Phi) is 7.35. The minimum atomic E-state index is -0.580. The van der Waals surface area contributed by atoms with Crippen molar-refractivity contribution in [1.82, 2.24) is 20.9 Å². The molecule has 7 rings (SSSR count). The predicted octanol–water partition coefficient (Wildman–Crippen LogP) is 3.98. The lowest BCUT2D eigenvalue weighted by atomic mass is 9.73. The molecule has 4 aliphatic rings. The highest BCUT2D eigenvalue weighted by Crippen LogP contribution is 2.49. The number of nitrogens with one attached hydrogen (secondary N) is 3. The van der Waals surface area contributed by atoms with Gasteiger partial charge in [-0.1, -0.05) is 49.2 Å². The molecule has 222 valence electrons. The van der Waals surface area contributed by atoms with Crippen LogP contribution in [0.3, 0.4) is 0 Å². The smallest absolute Gasteiger partial charge is 0.326 e. The Morgan fingerprint density at radius 2 is 1.88 bits per heavy atom. The first-order chi connectivity index (χ1) is 21.0. The number of esters is 1. The van der Waals surface area contributed by atoms with Gasteiger partial charge in [-0.15, -0.1) is 0 Å². The van der Waals surface area contributed by atoms with Crippen molar-refractivity contribution in [2.75, 3.05) is 20.2 Å². The molecule has 8 heteroatoms. The molecule has 1 saturated carbocycles. The molecular weight excluding hydrogens is 538 g/mol. The SMILES string of the molecule is COC(=O)C1(NCC(CNCc2cnc3cc4c(cc3c2)CC2(C4)C(=O)NC3N=CC=CC32)c2ccccc2)CCCC1. The first-order valence-corrected chi connectivity index (χ1v) is 15.5. The van der Waals surface area contributed by atoms with E-state index in [1.807, 2.05) is 18.3 Å². The van der Waals surface area contributed by atoms with Gasteiger partial charge in [0.1, 0.15) is 11.7 Å². The van der Waals surface area contributed by atoms with E-state index < -0.39 is 11.0 Å². The number of ether oxygens (including phenoxy) is 1. The molecule has 3 heterocycles. The first-order valence-electron chi connectivity index (χ1n) is 15.5. The summed E-state index contributed by atoms with van der Waals surface area (Å²) in [5.41, 5.74) is 4.72. The van der Waals surface area contributed by atoms with Crippen LogP contribution >= 0.6 is 0 Å². The molecule has 0 bridgehead atoms. The molecule has 4 atom stereocenters. The van der Waals surface area contributed by atoms with Gasteiger partial charge in [0.25, 0.3) is 0 Å². The topological polar surface area (TPSA) is 105 Å². The predicted molar refractivity (Wildman–Crippen MR) is 167 cm³/mol. The number of benzene rings is 2. The number of pyridine rings is 1. The van der Waals surface area contributed by atoms with Crippen LogP contribution in [0.25, 0.3) is 10.9 Å². The quantitative estimate of drug-likeness (QED) is 0.333. The van der Waals surface area contributed by atoms with E-state index in [0.717, 1.165) is 61.5 Å². The highest BCUT2D eigenvalue weighted by molar-refractivity contribution is 5.91. The Labute approximate surface area is 252 Å². The van der Waals surface area contributed by atoms with Crippen molar-refractivity contribution in [3.05, 3.63) is 89.1 Å². The van der Waals surface area contributed by atoms with Crippen LogP contribution in [0.4, 0.5) is 0 Å². The molecule has 43 heavy (non-hydrogen) atoms. The van der Waals surface area contributed by atoms with Crippen LogP contribution in [-0.4, -0.2) is 55.0 Å². The van der Waals surface area contributed by atoms with Gasteiger partial charge in [0.05, 0.1) is 18.0 Å². The minimum absolute atomic E-state index is 0.0800. The molecule has 4 unspecified atom stereocenters. The maximum Gasteiger partial charge on any atom is 0.326 e. The second kappa shape index (κ2) is 11.3. The third kappa shape index (κ3) is 5.06. The van der Waals surface area contributed by atoms with Gasteiger partial charge in [-0.05, 0) is 72.2 Å². The largest absolute Gasteiger partial charge is 0.468 e. The van der Waals surface area contributed by atoms with E-state index in [0.29, 0.717) is 13.1 Å². The molecule has 3 N–H and O–H groups in total. The van der Waals surface area contributed by atoms with Crippen molar-refractivity contribution in [1.29, 1.82) is 0 Å². The van der Waals surface area contributed by atoms with Crippen molar-refractivity contribution in [3.8, 4) is 0 Å². The van der Waals surface area contributed by atoms with Crippen molar-refractivity contribution in [2.24, 2.45) is 16.3 Å². The van der Waals surface area contributed by atoms with Crippen LogP contribution in [0.1, 0.15) is 53.9 Å². The number of aromatic nitrogens is 1. The molecule has 1 saturated heterocycles. The Morgan fingerprint density at radius 1 is 1.09 bits per heavy atom. The summed E-state index contributed by atoms with van der Waals surface area (Å²) in [7, 11) is 1.48. The molecule has 2 aliphatic heterocycles. The van der Waals surface area contributed by atoms with Crippen molar-refractivity contribution >= 4 is 29.0 Å². The van der Waals surface area contributed by atoms with Gasteiger partial charge in [-0.2, -0.15) is 0 Å². The third-order valence-corrected chi connectivity index (χ3v) is 10.1. The van der Waals surface area contributed by atoms with Gasteiger partial charge in [0.2, 0.25) is 5.91 Å². The lowest BCUT2D eigenvalue weighted by Gasteiger charge is -2.30. The highest BCUT2D eigenvalue weighted by Gasteiger charge is 2.57. The van der Waals surface area contributed by atoms with E-state index in [4.69, 9.17) is 9.72 Å². The summed E-state index contributed by atoms with van der Waals surface area (Å²) in [6.45, 7) is 2.13. The maximum absolute atomic E-state index is 13.2. The van der Waals surface area contributed by atoms with E-state index >= 15 is 0 Å². The molecule has 2 aliphatic carbocycles. The molecule has 3 aromatic rings. The lowest BCUT2D eigenvalue weighted by Crippen LogP contribution is -2.52. The van der Waals surface area contributed by atoms with Crippen LogP contribution in [-0.2, 0) is 33.7 Å². The number of nitrogens with zero attached hydrogens (tertiary/aromatic N) is 2. The summed E-state index contributed by atoms with van der Waals surface area (Å²) < 4.78 is 5.18. The number of methoxy groups -OCH3 is 1. The monoisotopic (exact) mass is 577 g/mol. The number of amides is 1. The van der Waals surface area contributed by atoms with E-state index in [1.54, 1.807) is 6.21 Å². The average molecular weight is 578 g/mol. The van der Waals surface area contributed by atoms with Gasteiger partial charge in [-0.3, -0.25) is 19.6 Å². The van der Waals surface area contributed by atoms with E-state index in [2.05, 4.69) is 69.5 Å². The standard InChI is InChI=1S/C35H39N5O3/c1-43-33(42)35(11-5-6-12-35)39-22-28(24-8-3-2-4-9-24)21-36-19-23-14-25-15-26-17-34(18-27(26)16-30(25)38-20-23)29-10-7-13-37-31(29)40-32(34)41/h2-4,7-10,13-16,20,28-29,31,36,39H,5-6,11-12,17-19,21-22H2,1H3,(H,40,41). The molecule has 1 spiro atoms. The van der Waals surface area contributed by atoms with E-state index in [9.17, 15) is 9.59 Å². The van der Waals surface area contributed by atoms with Crippen LogP contribution < -0.4 is 16.0 Å². The van der Waals surface area contributed by atoms with Gasteiger partial charge in [0.15, 0.2) is 0 Å². The van der Waals surface area contributed by atoms with Crippen molar-refractivity contribution in [2.45, 2.75) is 62.7 Å². The zero-order valence-electron chi connectivity index (χ0n) is 24.6. The van der Waals surface area contributed by atoms with Gasteiger partial charge in [0, 0.05) is 49.3 Å². The average Bonchev–Trinajstić information content (AvgIpc) is 3.74. The number of carbonyl (C=O) groups is 2. The summed E-state index contributed by atoms with van der Waals surface area (Å²) in [6.07, 6.45) is 12.8. The third-order valence-electron chi connectivity index (χ3n) is 10.1. The minimum Gasteiger partial charge on any atom is -0.468 e. The van der Waals surface area contributed by atoms with Gasteiger partial charge < -0.3 is 20.7 Å². The van der Waals surface area contributed by atoms with Gasteiger partial charge >= 0.3 is 5.97 Å². The summed E-state index contributed by atoms with van der Waals surface area (Å²) in [5.74, 6) is 0.228. The molecule has 8 nitrogen and oxygen atoms in total. The summed E-state index contributed by atoms with van der Waals surface area (Å²) in [5, 5.41) is 11.5. The Morgan fingerprint density at radius 3 is 2.67 bits per heavy atom. The van der Waals surface area contributed by atoms with E-state index in [-0.39, 0.29) is 29.9 Å². The summed E-state index contributed by atoms with van der Waals surface area (Å²) >= 11 is 0. The Balaban J connectivity index is 1.04. The van der Waals surface area contributed by atoms with Crippen LogP contribution in [0, 0.1) is 11.3 Å². The Hall–Kier alpha value is -3.88. The molecule has 2 fully saturated rings. The maximum atomic E-state index is 13.2. The summed E-state index contributed by atoms with van der Waals surface area (Å²) in [6, 6.07) is 17.1. The normalized spacial score (nSPS) is 25.6. The van der Waals surface area contributed by atoms with Crippen LogP contribution in [0.15, 0.2) is 71.9 Å². The fourth-order valence-corrected chi connectivity index (χ4v) is 7.80.